The third-order valence-corrected chi connectivity index (χ3v) is 1.89. The number of aliphatic hydroxyl groups is 1. The highest BCUT2D eigenvalue weighted by atomic mass is 16.3. The first kappa shape index (κ1) is 13.1. The molecule has 0 aromatic heterocycles. The molecule has 1 unspecified atom stereocenters. The van der Waals surface area contributed by atoms with Crippen molar-refractivity contribution in [1.29, 1.82) is 0 Å². The second-order valence-electron chi connectivity index (χ2n) is 3.89. The van der Waals surface area contributed by atoms with Crippen molar-refractivity contribution in [3.63, 3.8) is 0 Å². The van der Waals surface area contributed by atoms with Crippen LogP contribution in [0.25, 0.3) is 0 Å². The molecule has 0 bridgehead atoms. The monoisotopic (exact) mass is 196 g/mol. The molecule has 0 rings (SSSR count). The average molecular weight is 196 g/mol. The van der Waals surface area contributed by atoms with Crippen LogP contribution in [0.4, 0.5) is 0 Å². The van der Waals surface area contributed by atoms with Gasteiger partial charge in [0.1, 0.15) is 6.10 Å². The Morgan fingerprint density at radius 1 is 1.36 bits per heavy atom. The van der Waals surface area contributed by atoms with Crippen molar-refractivity contribution in [3.05, 3.63) is 23.3 Å². The van der Waals surface area contributed by atoms with E-state index in [1.807, 2.05) is 6.92 Å². The van der Waals surface area contributed by atoms with Gasteiger partial charge in [-0.15, -0.1) is 0 Å². The van der Waals surface area contributed by atoms with Gasteiger partial charge in [0.25, 0.3) is 0 Å². The molecular formula is C12H20O2. The summed E-state index contributed by atoms with van der Waals surface area (Å²) in [5.74, 6) is -0.209. The van der Waals surface area contributed by atoms with Crippen molar-refractivity contribution in [2.45, 2.75) is 46.6 Å². The lowest BCUT2D eigenvalue weighted by atomic mass is 10.1. The fourth-order valence-electron chi connectivity index (χ4n) is 1.02. The van der Waals surface area contributed by atoms with Crippen molar-refractivity contribution >= 4 is 5.78 Å². The summed E-state index contributed by atoms with van der Waals surface area (Å²) in [6.07, 6.45) is 4.63. The normalized spacial score (nSPS) is 13.6. The number of carbonyl (C=O) groups excluding carboxylic acids is 1. The Morgan fingerprint density at radius 2 is 1.93 bits per heavy atom. The molecule has 0 fully saturated rings. The molecule has 0 aliphatic rings. The maximum absolute atomic E-state index is 11.1. The highest BCUT2D eigenvalue weighted by molar-refractivity contribution is 5.93. The van der Waals surface area contributed by atoms with E-state index in [1.165, 1.54) is 18.6 Å². The van der Waals surface area contributed by atoms with E-state index in [0.29, 0.717) is 0 Å². The van der Waals surface area contributed by atoms with Crippen molar-refractivity contribution < 1.29 is 9.90 Å². The number of hydrogen-bond donors (Lipinski definition) is 1. The third kappa shape index (κ3) is 6.61. The lowest BCUT2D eigenvalue weighted by molar-refractivity contribution is -0.121. The number of ketones is 1. The van der Waals surface area contributed by atoms with Gasteiger partial charge in [0.05, 0.1) is 0 Å². The minimum Gasteiger partial charge on any atom is -0.385 e. The Labute approximate surface area is 86.3 Å². The minimum absolute atomic E-state index is 0.209. The van der Waals surface area contributed by atoms with E-state index in [0.717, 1.165) is 18.4 Å². The molecule has 0 aliphatic heterocycles. The number of hydrogen-bond acceptors (Lipinski definition) is 2. The lowest BCUT2D eigenvalue weighted by Crippen LogP contribution is -2.13. The zero-order valence-corrected chi connectivity index (χ0v) is 9.50. The van der Waals surface area contributed by atoms with Gasteiger partial charge in [0.2, 0.25) is 0 Å². The zero-order chi connectivity index (χ0) is 11.1. The average Bonchev–Trinajstić information content (AvgIpc) is 2.02. The van der Waals surface area contributed by atoms with Crippen LogP contribution in [0.5, 0.6) is 0 Å². The fourth-order valence-corrected chi connectivity index (χ4v) is 1.02. The van der Waals surface area contributed by atoms with Crippen molar-refractivity contribution in [2.24, 2.45) is 0 Å². The van der Waals surface area contributed by atoms with Gasteiger partial charge in [-0.05, 0) is 46.6 Å². The van der Waals surface area contributed by atoms with Gasteiger partial charge in [-0.25, -0.2) is 0 Å². The Hall–Kier alpha value is -0.890. The van der Waals surface area contributed by atoms with Crippen molar-refractivity contribution in [2.75, 3.05) is 0 Å². The predicted octanol–water partition coefficient (Wildman–Crippen LogP) is 2.63. The summed E-state index contributed by atoms with van der Waals surface area (Å²) >= 11 is 0. The second kappa shape index (κ2) is 6.55. The molecule has 2 nitrogen and oxygen atoms in total. The SMILES string of the molecule is CC(C)=CCC/C(C)=C/C(=O)C(C)O. The van der Waals surface area contributed by atoms with Crippen LogP contribution < -0.4 is 0 Å². The van der Waals surface area contributed by atoms with Gasteiger partial charge in [0.15, 0.2) is 5.78 Å². The number of allylic oxidation sites excluding steroid dienone is 3. The lowest BCUT2D eigenvalue weighted by Gasteiger charge is -2.00. The van der Waals surface area contributed by atoms with Crippen LogP contribution in [0.1, 0.15) is 40.5 Å². The van der Waals surface area contributed by atoms with E-state index in [-0.39, 0.29) is 5.78 Å². The Kier molecular flexibility index (Phi) is 6.13. The van der Waals surface area contributed by atoms with Gasteiger partial charge >= 0.3 is 0 Å². The summed E-state index contributed by atoms with van der Waals surface area (Å²) in [6, 6.07) is 0. The predicted molar refractivity (Wildman–Crippen MR) is 59.1 cm³/mol. The first-order valence-electron chi connectivity index (χ1n) is 4.96. The molecule has 0 saturated carbocycles. The number of rotatable bonds is 5. The summed E-state index contributed by atoms with van der Waals surface area (Å²) in [5, 5.41) is 8.98. The van der Waals surface area contributed by atoms with E-state index in [9.17, 15) is 4.79 Å². The van der Waals surface area contributed by atoms with Crippen LogP contribution in [0.15, 0.2) is 23.3 Å². The van der Waals surface area contributed by atoms with E-state index in [2.05, 4.69) is 19.9 Å². The van der Waals surface area contributed by atoms with Crippen LogP contribution in [-0.2, 0) is 4.79 Å². The molecule has 2 heteroatoms. The van der Waals surface area contributed by atoms with Crippen LogP contribution in [-0.4, -0.2) is 17.0 Å². The maximum Gasteiger partial charge on any atom is 0.183 e. The van der Waals surface area contributed by atoms with E-state index in [4.69, 9.17) is 5.11 Å². The van der Waals surface area contributed by atoms with E-state index in [1.54, 1.807) is 0 Å². The molecule has 0 heterocycles. The second-order valence-corrected chi connectivity index (χ2v) is 3.89. The fraction of sp³-hybridized carbons (Fsp3) is 0.583. The van der Waals surface area contributed by atoms with Gasteiger partial charge in [-0.1, -0.05) is 17.2 Å². The summed E-state index contributed by atoms with van der Waals surface area (Å²) in [6.45, 7) is 7.52. The Morgan fingerprint density at radius 3 is 2.36 bits per heavy atom. The summed E-state index contributed by atoms with van der Waals surface area (Å²) in [7, 11) is 0. The molecule has 0 saturated heterocycles. The smallest absolute Gasteiger partial charge is 0.183 e. The Balaban J connectivity index is 4.02. The molecule has 0 spiro atoms. The standard InChI is InChI=1S/C12H20O2/c1-9(2)6-5-7-10(3)8-12(14)11(4)13/h6,8,11,13H,5,7H2,1-4H3/b10-8+. The molecule has 0 aromatic rings. The van der Waals surface area contributed by atoms with Gasteiger partial charge in [0, 0.05) is 0 Å². The molecule has 0 aliphatic carbocycles. The molecule has 80 valence electrons. The van der Waals surface area contributed by atoms with Crippen molar-refractivity contribution in [3.8, 4) is 0 Å². The first-order chi connectivity index (χ1) is 6.43. The van der Waals surface area contributed by atoms with Crippen LogP contribution in [0.2, 0.25) is 0 Å². The quantitative estimate of drug-likeness (QED) is 0.542. The first-order valence-corrected chi connectivity index (χ1v) is 4.96. The van der Waals surface area contributed by atoms with Gasteiger partial charge in [-0.3, -0.25) is 4.79 Å². The molecule has 0 amide bonds. The summed E-state index contributed by atoms with van der Waals surface area (Å²) in [5.41, 5.74) is 2.31. The van der Waals surface area contributed by atoms with Crippen LogP contribution in [0, 0.1) is 0 Å². The van der Waals surface area contributed by atoms with Crippen LogP contribution in [0.3, 0.4) is 0 Å². The van der Waals surface area contributed by atoms with E-state index < -0.39 is 6.10 Å². The maximum atomic E-state index is 11.1. The Bertz CT molecular complexity index is 243. The summed E-state index contributed by atoms with van der Waals surface area (Å²) in [4.78, 5) is 11.1. The topological polar surface area (TPSA) is 37.3 Å². The molecule has 1 N–H and O–H groups in total. The number of carbonyl (C=O) groups is 1. The number of aliphatic hydroxyl groups excluding tert-OH is 1. The highest BCUT2D eigenvalue weighted by Crippen LogP contribution is 2.07. The zero-order valence-electron chi connectivity index (χ0n) is 9.50. The summed E-state index contributed by atoms with van der Waals surface area (Å²) < 4.78 is 0. The largest absolute Gasteiger partial charge is 0.385 e. The van der Waals surface area contributed by atoms with E-state index >= 15 is 0 Å². The van der Waals surface area contributed by atoms with Gasteiger partial charge in [-0.2, -0.15) is 0 Å². The van der Waals surface area contributed by atoms with Crippen molar-refractivity contribution in [1.82, 2.24) is 0 Å². The molecule has 1 atom stereocenters. The molecule has 0 radical (unpaired) electrons. The molecule has 0 aromatic carbocycles. The molecule has 14 heavy (non-hydrogen) atoms. The highest BCUT2D eigenvalue weighted by Gasteiger charge is 2.04. The van der Waals surface area contributed by atoms with Crippen LogP contribution >= 0.6 is 0 Å². The third-order valence-electron chi connectivity index (χ3n) is 1.89. The molecular weight excluding hydrogens is 176 g/mol. The van der Waals surface area contributed by atoms with Gasteiger partial charge < -0.3 is 5.11 Å². The minimum atomic E-state index is -0.881.